The summed E-state index contributed by atoms with van der Waals surface area (Å²) in [5, 5.41) is 0. The first-order valence-corrected chi connectivity index (χ1v) is 9.70. The smallest absolute Gasteiger partial charge is 0.206 e. The van der Waals surface area contributed by atoms with Gasteiger partial charge in [-0.1, -0.05) is 44.7 Å². The molecule has 4 heteroatoms. The Kier molecular flexibility index (Phi) is 6.33. The highest BCUT2D eigenvalue weighted by Gasteiger charge is 2.23. The Morgan fingerprint density at radius 3 is 2.31 bits per heavy atom. The molecule has 1 aliphatic rings. The molecule has 1 fully saturated rings. The van der Waals surface area contributed by atoms with E-state index in [-0.39, 0.29) is 11.1 Å². The van der Waals surface area contributed by atoms with Gasteiger partial charge in [-0.2, -0.15) is 13.8 Å². The van der Waals surface area contributed by atoms with Crippen LogP contribution in [0.25, 0.3) is 11.1 Å². The van der Waals surface area contributed by atoms with Gasteiger partial charge in [-0.25, -0.2) is 4.39 Å². The van der Waals surface area contributed by atoms with Gasteiger partial charge in [0.2, 0.25) is 11.9 Å². The molecule has 3 rings (SSSR count). The molecule has 1 saturated carbocycles. The third-order valence-electron chi connectivity index (χ3n) is 5.63. The van der Waals surface area contributed by atoms with Gasteiger partial charge in [0.1, 0.15) is 5.82 Å². The van der Waals surface area contributed by atoms with Crippen molar-refractivity contribution < 1.29 is 13.2 Å². The monoisotopic (exact) mass is 361 g/mol. The maximum absolute atomic E-state index is 14.6. The Morgan fingerprint density at radius 1 is 0.923 bits per heavy atom. The lowest BCUT2D eigenvalue weighted by Crippen LogP contribution is -2.13. The van der Waals surface area contributed by atoms with Crippen LogP contribution < -0.4 is 0 Å². The average Bonchev–Trinajstić information content (AvgIpc) is 2.63. The number of rotatable bonds is 6. The molecule has 0 bridgehead atoms. The summed E-state index contributed by atoms with van der Waals surface area (Å²) in [6.07, 6.45) is 9.76. The molecule has 1 aromatic carbocycles. The van der Waals surface area contributed by atoms with Gasteiger partial charge in [-0.3, -0.25) is 0 Å². The number of aromatic nitrogens is 1. The second-order valence-electron chi connectivity index (χ2n) is 7.43. The number of nitrogens with zero attached hydrogens (tertiary/aromatic N) is 1. The Morgan fingerprint density at radius 2 is 1.65 bits per heavy atom. The van der Waals surface area contributed by atoms with E-state index in [1.807, 2.05) is 6.07 Å². The maximum Gasteiger partial charge on any atom is 0.223 e. The van der Waals surface area contributed by atoms with E-state index < -0.39 is 17.7 Å². The van der Waals surface area contributed by atoms with Crippen molar-refractivity contribution in [3.63, 3.8) is 0 Å². The second kappa shape index (κ2) is 8.70. The summed E-state index contributed by atoms with van der Waals surface area (Å²) in [6.45, 7) is 2.23. The van der Waals surface area contributed by atoms with Gasteiger partial charge in [0.15, 0.2) is 0 Å². The zero-order chi connectivity index (χ0) is 18.5. The third-order valence-corrected chi connectivity index (χ3v) is 5.63. The van der Waals surface area contributed by atoms with Gasteiger partial charge in [0.25, 0.3) is 0 Å². The summed E-state index contributed by atoms with van der Waals surface area (Å²) in [7, 11) is 0. The molecule has 0 saturated heterocycles. The molecule has 0 N–H and O–H groups in total. The molecule has 26 heavy (non-hydrogen) atoms. The van der Waals surface area contributed by atoms with E-state index >= 15 is 0 Å². The molecular formula is C22H26F3N. The lowest BCUT2D eigenvalue weighted by molar-refractivity contribution is 0.302. The van der Waals surface area contributed by atoms with E-state index in [4.69, 9.17) is 0 Å². The van der Waals surface area contributed by atoms with E-state index in [2.05, 4.69) is 11.9 Å². The van der Waals surface area contributed by atoms with Crippen molar-refractivity contribution in [1.82, 2.24) is 4.98 Å². The number of halogens is 3. The van der Waals surface area contributed by atoms with Crippen LogP contribution in [0.15, 0.2) is 30.3 Å². The lowest BCUT2D eigenvalue weighted by Gasteiger charge is -2.29. The minimum absolute atomic E-state index is 0.00455. The lowest BCUT2D eigenvalue weighted by atomic mass is 9.77. The third kappa shape index (κ3) is 4.46. The molecule has 0 radical (unpaired) electrons. The molecule has 1 nitrogen and oxygen atoms in total. The normalized spacial score (nSPS) is 20.3. The zero-order valence-corrected chi connectivity index (χ0v) is 15.3. The van der Waals surface area contributed by atoms with Crippen molar-refractivity contribution in [1.29, 1.82) is 0 Å². The molecule has 140 valence electrons. The van der Waals surface area contributed by atoms with Crippen LogP contribution in [-0.2, 0) is 0 Å². The van der Waals surface area contributed by atoms with Crippen molar-refractivity contribution in [3.05, 3.63) is 53.6 Å². The molecule has 0 amide bonds. The van der Waals surface area contributed by atoms with Crippen molar-refractivity contribution in [3.8, 4) is 11.1 Å². The molecule has 0 spiro atoms. The SMILES string of the molecule is CCCCCC1CCC(c2ccc(-c3ccc(F)nc3F)c(F)c2)CC1. The largest absolute Gasteiger partial charge is 0.223 e. The first kappa shape index (κ1) is 18.9. The summed E-state index contributed by atoms with van der Waals surface area (Å²) in [4.78, 5) is 3.14. The Hall–Kier alpha value is -1.84. The van der Waals surface area contributed by atoms with Crippen LogP contribution in [0.3, 0.4) is 0 Å². The molecule has 1 heterocycles. The molecule has 1 aromatic heterocycles. The topological polar surface area (TPSA) is 12.9 Å². The van der Waals surface area contributed by atoms with Gasteiger partial charge in [-0.05, 0) is 61.3 Å². The fourth-order valence-electron chi connectivity index (χ4n) is 4.08. The average molecular weight is 361 g/mol. The molecular weight excluding hydrogens is 335 g/mol. The summed E-state index contributed by atoms with van der Waals surface area (Å²) >= 11 is 0. The number of hydrogen-bond acceptors (Lipinski definition) is 1. The van der Waals surface area contributed by atoms with Crippen molar-refractivity contribution in [2.45, 2.75) is 64.2 Å². The highest BCUT2D eigenvalue weighted by atomic mass is 19.1. The number of unbranched alkanes of at least 4 members (excludes halogenated alkanes) is 2. The van der Waals surface area contributed by atoms with Gasteiger partial charge < -0.3 is 0 Å². The highest BCUT2D eigenvalue weighted by molar-refractivity contribution is 5.64. The van der Waals surface area contributed by atoms with Crippen LogP contribution in [0.1, 0.15) is 69.8 Å². The van der Waals surface area contributed by atoms with Crippen LogP contribution >= 0.6 is 0 Å². The predicted octanol–water partition coefficient (Wildman–Crippen LogP) is 7.02. The summed E-state index contributed by atoms with van der Waals surface area (Å²) < 4.78 is 41.3. The van der Waals surface area contributed by atoms with Gasteiger partial charge >= 0.3 is 0 Å². The van der Waals surface area contributed by atoms with Crippen LogP contribution in [-0.4, -0.2) is 4.98 Å². The van der Waals surface area contributed by atoms with Gasteiger partial charge in [-0.15, -0.1) is 0 Å². The number of pyridine rings is 1. The van der Waals surface area contributed by atoms with Crippen molar-refractivity contribution >= 4 is 0 Å². The van der Waals surface area contributed by atoms with E-state index in [0.29, 0.717) is 5.92 Å². The first-order chi connectivity index (χ1) is 12.6. The highest BCUT2D eigenvalue weighted by Crippen LogP contribution is 2.39. The van der Waals surface area contributed by atoms with Gasteiger partial charge in [0, 0.05) is 11.1 Å². The van der Waals surface area contributed by atoms with Crippen LogP contribution in [0.4, 0.5) is 13.2 Å². The van der Waals surface area contributed by atoms with Crippen LogP contribution in [0.5, 0.6) is 0 Å². The second-order valence-corrected chi connectivity index (χ2v) is 7.43. The van der Waals surface area contributed by atoms with E-state index in [1.165, 1.54) is 50.7 Å². The van der Waals surface area contributed by atoms with Crippen molar-refractivity contribution in [2.75, 3.05) is 0 Å². The summed E-state index contributed by atoms with van der Waals surface area (Å²) in [5.41, 5.74) is 1.11. The minimum Gasteiger partial charge on any atom is -0.206 e. The van der Waals surface area contributed by atoms with Crippen LogP contribution in [0, 0.1) is 23.6 Å². The summed E-state index contributed by atoms with van der Waals surface area (Å²) in [6, 6.07) is 7.27. The number of hydrogen-bond donors (Lipinski definition) is 0. The minimum atomic E-state index is -0.982. The van der Waals surface area contributed by atoms with Crippen LogP contribution in [0.2, 0.25) is 0 Å². The molecule has 1 aliphatic carbocycles. The number of benzene rings is 1. The summed E-state index contributed by atoms with van der Waals surface area (Å²) in [5.74, 6) is -1.18. The van der Waals surface area contributed by atoms with E-state index in [9.17, 15) is 13.2 Å². The van der Waals surface area contributed by atoms with E-state index in [0.717, 1.165) is 30.4 Å². The predicted molar refractivity (Wildman–Crippen MR) is 98.4 cm³/mol. The Labute approximate surface area is 153 Å². The molecule has 2 aromatic rings. The fourth-order valence-corrected chi connectivity index (χ4v) is 4.08. The first-order valence-electron chi connectivity index (χ1n) is 9.70. The molecule has 0 aliphatic heterocycles. The van der Waals surface area contributed by atoms with Gasteiger partial charge in [0.05, 0.1) is 0 Å². The quantitative estimate of drug-likeness (QED) is 0.398. The standard InChI is InChI=1S/C22H26F3N/c1-2-3-4-5-15-6-8-16(9-7-15)17-10-11-18(20(23)14-17)19-12-13-21(24)26-22(19)25/h10-16H,2-9H2,1H3. The van der Waals surface area contributed by atoms with E-state index in [1.54, 1.807) is 6.07 Å². The zero-order valence-electron chi connectivity index (χ0n) is 15.3. The Balaban J connectivity index is 1.67. The molecule has 0 atom stereocenters. The fraction of sp³-hybridized carbons (Fsp3) is 0.500. The maximum atomic E-state index is 14.6. The Bertz CT molecular complexity index is 736. The van der Waals surface area contributed by atoms with Crippen molar-refractivity contribution in [2.24, 2.45) is 5.92 Å². The molecule has 0 unspecified atom stereocenters.